The van der Waals surface area contributed by atoms with Gasteiger partial charge in [0.15, 0.2) is 12.3 Å². The Morgan fingerprint density at radius 2 is 1.82 bits per heavy atom. The van der Waals surface area contributed by atoms with Crippen LogP contribution >= 0.6 is 0 Å². The molecule has 0 spiro atoms. The molecule has 0 aliphatic carbocycles. The van der Waals surface area contributed by atoms with Crippen molar-refractivity contribution in [2.45, 2.75) is 0 Å². The zero-order valence-corrected chi connectivity index (χ0v) is 18.3. The first-order valence-corrected chi connectivity index (χ1v) is 10.9. The Morgan fingerprint density at radius 3 is 2.61 bits per heavy atom. The van der Waals surface area contributed by atoms with Crippen LogP contribution in [-0.2, 0) is 4.79 Å². The molecule has 2 aromatic carbocycles. The molecule has 0 saturated carbocycles. The number of hydrogen-bond acceptors (Lipinski definition) is 5. The summed E-state index contributed by atoms with van der Waals surface area (Å²) in [6, 6.07) is 17.5. The van der Waals surface area contributed by atoms with Gasteiger partial charge in [-0.25, -0.2) is 14.1 Å². The zero-order chi connectivity index (χ0) is 22.8. The molecule has 1 fully saturated rings. The molecule has 2 aromatic heterocycles. The second kappa shape index (κ2) is 8.99. The molecule has 33 heavy (non-hydrogen) atoms. The number of rotatable bonds is 5. The Kier molecular flexibility index (Phi) is 5.75. The van der Waals surface area contributed by atoms with Gasteiger partial charge in [0.2, 0.25) is 0 Å². The number of amides is 1. The molecular weight excluding hydrogens is 421 g/mol. The Bertz CT molecular complexity index is 1280. The average molecular weight is 445 g/mol. The summed E-state index contributed by atoms with van der Waals surface area (Å²) in [5.41, 5.74) is 2.96. The van der Waals surface area contributed by atoms with Gasteiger partial charge in [0, 0.05) is 49.4 Å². The third kappa shape index (κ3) is 4.42. The third-order valence-electron chi connectivity index (χ3n) is 5.84. The maximum absolute atomic E-state index is 13.4. The van der Waals surface area contributed by atoms with Crippen LogP contribution < -0.4 is 4.74 Å². The molecule has 7 nitrogen and oxygen atoms in total. The molecule has 3 heterocycles. The van der Waals surface area contributed by atoms with E-state index in [2.05, 4.69) is 16.9 Å². The number of fused-ring (bicyclic) bond motifs is 1. The summed E-state index contributed by atoms with van der Waals surface area (Å²) in [7, 11) is 2.05. The lowest BCUT2D eigenvalue weighted by Crippen LogP contribution is -2.48. The van der Waals surface area contributed by atoms with Crippen LogP contribution in [0.4, 0.5) is 4.39 Å². The van der Waals surface area contributed by atoms with Gasteiger partial charge in [-0.3, -0.25) is 4.79 Å². The van der Waals surface area contributed by atoms with Gasteiger partial charge in [-0.05, 0) is 55.6 Å². The maximum atomic E-state index is 13.4. The van der Waals surface area contributed by atoms with Gasteiger partial charge >= 0.3 is 0 Å². The van der Waals surface area contributed by atoms with Crippen molar-refractivity contribution in [2.24, 2.45) is 0 Å². The molecule has 4 aromatic rings. The molecule has 1 aliphatic heterocycles. The summed E-state index contributed by atoms with van der Waals surface area (Å²) in [4.78, 5) is 21.1. The fourth-order valence-corrected chi connectivity index (χ4v) is 3.95. The van der Waals surface area contributed by atoms with Crippen LogP contribution in [0.15, 0.2) is 66.9 Å². The van der Waals surface area contributed by atoms with E-state index in [1.54, 1.807) is 23.0 Å². The van der Waals surface area contributed by atoms with E-state index in [4.69, 9.17) is 9.84 Å². The molecule has 0 N–H and O–H groups in total. The van der Waals surface area contributed by atoms with E-state index in [1.807, 2.05) is 41.3 Å². The second-order valence-electron chi connectivity index (χ2n) is 8.11. The second-order valence-corrected chi connectivity index (χ2v) is 8.11. The minimum absolute atomic E-state index is 0.00784. The van der Waals surface area contributed by atoms with Crippen molar-refractivity contribution in [2.75, 3.05) is 39.8 Å². The number of aromatic nitrogens is 3. The number of hydrogen-bond donors (Lipinski definition) is 0. The first-order chi connectivity index (χ1) is 16.1. The Morgan fingerprint density at radius 1 is 1.03 bits per heavy atom. The van der Waals surface area contributed by atoms with Crippen LogP contribution in [0.2, 0.25) is 0 Å². The molecule has 8 heteroatoms. The number of piperazine rings is 1. The van der Waals surface area contributed by atoms with Crippen molar-refractivity contribution in [1.29, 1.82) is 0 Å². The summed E-state index contributed by atoms with van der Waals surface area (Å²) in [5.74, 6) is 0.271. The third-order valence-corrected chi connectivity index (χ3v) is 5.84. The van der Waals surface area contributed by atoms with Crippen molar-refractivity contribution < 1.29 is 13.9 Å². The lowest BCUT2D eigenvalue weighted by Gasteiger charge is -2.32. The smallest absolute Gasteiger partial charge is 0.260 e. The summed E-state index contributed by atoms with van der Waals surface area (Å²) in [6.07, 6.45) is 1.71. The molecule has 168 valence electrons. The van der Waals surface area contributed by atoms with Crippen molar-refractivity contribution in [1.82, 2.24) is 24.6 Å². The first-order valence-electron chi connectivity index (χ1n) is 10.9. The van der Waals surface area contributed by atoms with Crippen LogP contribution in [0.3, 0.4) is 0 Å². The molecule has 1 aliphatic rings. The van der Waals surface area contributed by atoms with Gasteiger partial charge in [-0.2, -0.15) is 5.10 Å². The lowest BCUT2D eigenvalue weighted by molar-refractivity contribution is -0.134. The highest BCUT2D eigenvalue weighted by Crippen LogP contribution is 2.29. The monoisotopic (exact) mass is 445 g/mol. The predicted molar refractivity (Wildman–Crippen MR) is 124 cm³/mol. The largest absolute Gasteiger partial charge is 0.484 e. The number of likely N-dealkylation sites (N-methyl/N-ethyl adjacent to an activating group) is 1. The Labute approximate surface area is 191 Å². The minimum atomic E-state index is -0.295. The normalized spacial score (nSPS) is 14.5. The number of ether oxygens (including phenoxy) is 1. The highest BCUT2D eigenvalue weighted by Gasteiger charge is 2.20. The van der Waals surface area contributed by atoms with E-state index in [9.17, 15) is 9.18 Å². The van der Waals surface area contributed by atoms with E-state index in [-0.39, 0.29) is 18.3 Å². The summed E-state index contributed by atoms with van der Waals surface area (Å²) in [6.45, 7) is 3.17. The molecule has 5 rings (SSSR count). The minimum Gasteiger partial charge on any atom is -0.484 e. The standard InChI is InChI=1S/C25H24FN5O2/c1-29-12-14-30(15-13-29)23(32)17-33-21-5-2-4-20(16-21)31-25-22(6-3-11-27-25)24(28-31)18-7-9-19(26)10-8-18/h2-11,16H,12-15,17H2,1H3. The first kappa shape index (κ1) is 21.1. The van der Waals surface area contributed by atoms with E-state index < -0.39 is 0 Å². The van der Waals surface area contributed by atoms with Crippen LogP contribution in [0.1, 0.15) is 0 Å². The fourth-order valence-electron chi connectivity index (χ4n) is 3.95. The number of pyridine rings is 1. The van der Waals surface area contributed by atoms with Gasteiger partial charge in [0.05, 0.1) is 5.69 Å². The van der Waals surface area contributed by atoms with Gasteiger partial charge in [-0.15, -0.1) is 0 Å². The lowest BCUT2D eigenvalue weighted by atomic mass is 10.1. The quantitative estimate of drug-likeness (QED) is 0.471. The number of benzene rings is 2. The summed E-state index contributed by atoms with van der Waals surface area (Å²) >= 11 is 0. The fraction of sp³-hybridized carbons (Fsp3) is 0.240. The predicted octanol–water partition coefficient (Wildman–Crippen LogP) is 3.38. The molecule has 1 saturated heterocycles. The molecule has 0 radical (unpaired) electrons. The van der Waals surface area contributed by atoms with Crippen molar-refractivity contribution in [3.63, 3.8) is 0 Å². The zero-order valence-electron chi connectivity index (χ0n) is 18.3. The summed E-state index contributed by atoms with van der Waals surface area (Å²) in [5, 5.41) is 5.63. The van der Waals surface area contributed by atoms with Crippen LogP contribution in [0, 0.1) is 5.82 Å². The Hall–Kier alpha value is -3.78. The molecule has 1 amide bonds. The van der Waals surface area contributed by atoms with Crippen LogP contribution in [-0.4, -0.2) is 70.3 Å². The van der Waals surface area contributed by atoms with E-state index in [1.165, 1.54) is 12.1 Å². The van der Waals surface area contributed by atoms with Crippen LogP contribution in [0.5, 0.6) is 5.75 Å². The van der Waals surface area contributed by atoms with Crippen LogP contribution in [0.25, 0.3) is 28.0 Å². The highest BCUT2D eigenvalue weighted by atomic mass is 19.1. The van der Waals surface area contributed by atoms with Gasteiger partial charge in [-0.1, -0.05) is 6.07 Å². The Balaban J connectivity index is 1.40. The highest BCUT2D eigenvalue weighted by molar-refractivity contribution is 5.92. The maximum Gasteiger partial charge on any atom is 0.260 e. The molecule has 0 bridgehead atoms. The van der Waals surface area contributed by atoms with E-state index in [0.29, 0.717) is 11.4 Å². The molecule has 0 atom stereocenters. The number of carbonyl (C=O) groups is 1. The summed E-state index contributed by atoms with van der Waals surface area (Å²) < 4.78 is 21.0. The number of nitrogens with zero attached hydrogens (tertiary/aromatic N) is 5. The van der Waals surface area contributed by atoms with Crippen molar-refractivity contribution >= 4 is 16.9 Å². The number of halogens is 1. The molecular formula is C25H24FN5O2. The SMILES string of the molecule is CN1CCN(C(=O)COc2cccc(-n3nc(-c4ccc(F)cc4)c4cccnc43)c2)CC1. The van der Waals surface area contributed by atoms with Gasteiger partial charge < -0.3 is 14.5 Å². The topological polar surface area (TPSA) is 63.5 Å². The van der Waals surface area contributed by atoms with E-state index in [0.717, 1.165) is 48.5 Å². The van der Waals surface area contributed by atoms with Gasteiger partial charge in [0.25, 0.3) is 5.91 Å². The van der Waals surface area contributed by atoms with E-state index >= 15 is 0 Å². The number of carbonyl (C=O) groups excluding carboxylic acids is 1. The average Bonchev–Trinajstić information content (AvgIpc) is 3.23. The molecule has 0 unspecified atom stereocenters. The van der Waals surface area contributed by atoms with Crippen molar-refractivity contribution in [3.05, 3.63) is 72.7 Å². The van der Waals surface area contributed by atoms with Crippen molar-refractivity contribution in [3.8, 4) is 22.7 Å². The van der Waals surface area contributed by atoms with Gasteiger partial charge in [0.1, 0.15) is 17.3 Å².